The van der Waals surface area contributed by atoms with Crippen LogP contribution in [0, 0.1) is 6.92 Å². The molecule has 0 aliphatic heterocycles. The maximum Gasteiger partial charge on any atom is 0.350 e. The topological polar surface area (TPSA) is 68.3 Å². The highest BCUT2D eigenvalue weighted by Gasteiger charge is 2.20. The zero-order chi connectivity index (χ0) is 18.5. The Morgan fingerprint density at radius 3 is 2.81 bits per heavy atom. The van der Waals surface area contributed by atoms with E-state index in [0.717, 1.165) is 31.2 Å². The van der Waals surface area contributed by atoms with Crippen LogP contribution in [0.15, 0.2) is 24.3 Å². The Morgan fingerprint density at radius 2 is 2.08 bits per heavy atom. The van der Waals surface area contributed by atoms with Gasteiger partial charge in [-0.1, -0.05) is 43.0 Å². The van der Waals surface area contributed by atoms with E-state index in [0.29, 0.717) is 20.6 Å². The summed E-state index contributed by atoms with van der Waals surface area (Å²) in [6, 6.07) is 7.51. The van der Waals surface area contributed by atoms with E-state index in [1.54, 1.807) is 19.1 Å². The number of carbonyl (C=O) groups excluding carboxylic acids is 2. The van der Waals surface area contributed by atoms with E-state index in [1.807, 2.05) is 12.1 Å². The molecule has 1 heterocycles. The number of nitrogens with zero attached hydrogens (tertiary/aromatic N) is 1. The highest BCUT2D eigenvalue weighted by atomic mass is 35.5. The minimum Gasteiger partial charge on any atom is -0.451 e. The summed E-state index contributed by atoms with van der Waals surface area (Å²) >= 11 is 7.25. The number of nitrogens with one attached hydrogen (secondary N) is 1. The SMILES string of the molecule is Cc1nc(-c2cccc(Cl)c2)sc1C(=O)OCC(=O)NC1CCCCC1. The largest absolute Gasteiger partial charge is 0.451 e. The lowest BCUT2D eigenvalue weighted by Crippen LogP contribution is -2.38. The van der Waals surface area contributed by atoms with Gasteiger partial charge < -0.3 is 10.1 Å². The Labute approximate surface area is 161 Å². The van der Waals surface area contributed by atoms with Crippen LogP contribution in [-0.2, 0) is 9.53 Å². The third kappa shape index (κ3) is 4.83. The van der Waals surface area contributed by atoms with Crippen molar-refractivity contribution in [2.75, 3.05) is 6.61 Å². The first kappa shape index (κ1) is 18.9. The highest BCUT2D eigenvalue weighted by molar-refractivity contribution is 7.17. The first-order valence-electron chi connectivity index (χ1n) is 8.73. The molecule has 3 rings (SSSR count). The fraction of sp³-hybridized carbons (Fsp3) is 0.421. The summed E-state index contributed by atoms with van der Waals surface area (Å²) in [4.78, 5) is 29.1. The number of hydrogen-bond donors (Lipinski definition) is 1. The number of thiazole rings is 1. The molecular formula is C19H21ClN2O3S. The van der Waals surface area contributed by atoms with Crippen LogP contribution in [0.3, 0.4) is 0 Å². The van der Waals surface area contributed by atoms with Gasteiger partial charge in [-0.25, -0.2) is 9.78 Å². The third-order valence-corrected chi connectivity index (χ3v) is 5.78. The van der Waals surface area contributed by atoms with Crippen LogP contribution in [0.4, 0.5) is 0 Å². The summed E-state index contributed by atoms with van der Waals surface area (Å²) in [6.07, 6.45) is 5.49. The van der Waals surface area contributed by atoms with Crippen LogP contribution in [0.1, 0.15) is 47.5 Å². The quantitative estimate of drug-likeness (QED) is 0.767. The van der Waals surface area contributed by atoms with Crippen molar-refractivity contribution >= 4 is 34.8 Å². The summed E-state index contributed by atoms with van der Waals surface area (Å²) in [7, 11) is 0. The molecule has 26 heavy (non-hydrogen) atoms. The van der Waals surface area contributed by atoms with Crippen LogP contribution >= 0.6 is 22.9 Å². The van der Waals surface area contributed by atoms with Crippen molar-refractivity contribution in [1.82, 2.24) is 10.3 Å². The molecule has 5 nitrogen and oxygen atoms in total. The molecule has 0 saturated heterocycles. The second kappa shape index (κ2) is 8.64. The van der Waals surface area contributed by atoms with Gasteiger partial charge in [0.25, 0.3) is 5.91 Å². The van der Waals surface area contributed by atoms with Crippen molar-refractivity contribution < 1.29 is 14.3 Å². The molecule has 2 aromatic rings. The molecule has 1 aromatic carbocycles. The Bertz CT molecular complexity index is 800. The van der Waals surface area contributed by atoms with Crippen LogP contribution in [0.25, 0.3) is 10.6 Å². The highest BCUT2D eigenvalue weighted by Crippen LogP contribution is 2.29. The molecule has 138 valence electrons. The zero-order valence-electron chi connectivity index (χ0n) is 14.6. The fourth-order valence-corrected chi connectivity index (χ4v) is 4.19. The molecule has 1 N–H and O–H groups in total. The zero-order valence-corrected chi connectivity index (χ0v) is 16.2. The monoisotopic (exact) mass is 392 g/mol. The van der Waals surface area contributed by atoms with Gasteiger partial charge in [0.1, 0.15) is 9.88 Å². The summed E-state index contributed by atoms with van der Waals surface area (Å²) in [5, 5.41) is 4.24. The molecule has 1 amide bonds. The Kier molecular flexibility index (Phi) is 6.27. The molecule has 0 unspecified atom stereocenters. The minimum absolute atomic E-state index is 0.203. The summed E-state index contributed by atoms with van der Waals surface area (Å²) in [5.74, 6) is -0.769. The average molecular weight is 393 g/mol. The smallest absolute Gasteiger partial charge is 0.350 e. The predicted octanol–water partition coefficient (Wildman–Crippen LogP) is 4.38. The first-order valence-corrected chi connectivity index (χ1v) is 9.92. The summed E-state index contributed by atoms with van der Waals surface area (Å²) < 4.78 is 5.18. The number of benzene rings is 1. The molecular weight excluding hydrogens is 372 g/mol. The number of esters is 1. The van der Waals surface area contributed by atoms with Gasteiger partial charge in [-0.05, 0) is 31.9 Å². The number of halogens is 1. The lowest BCUT2D eigenvalue weighted by Gasteiger charge is -2.22. The van der Waals surface area contributed by atoms with Gasteiger partial charge in [0.15, 0.2) is 6.61 Å². The van der Waals surface area contributed by atoms with E-state index in [9.17, 15) is 9.59 Å². The van der Waals surface area contributed by atoms with E-state index < -0.39 is 5.97 Å². The van der Waals surface area contributed by atoms with Crippen LogP contribution in [0.5, 0.6) is 0 Å². The fourth-order valence-electron chi connectivity index (χ4n) is 3.04. The molecule has 0 bridgehead atoms. The summed E-state index contributed by atoms with van der Waals surface area (Å²) in [5.41, 5.74) is 1.43. The Hall–Kier alpha value is -1.92. The van der Waals surface area contributed by atoms with Crippen molar-refractivity contribution in [3.05, 3.63) is 39.9 Å². The predicted molar refractivity (Wildman–Crippen MR) is 103 cm³/mol. The van der Waals surface area contributed by atoms with Gasteiger partial charge in [-0.15, -0.1) is 11.3 Å². The van der Waals surface area contributed by atoms with Crippen molar-refractivity contribution in [3.8, 4) is 10.6 Å². The normalized spacial score (nSPS) is 14.8. The second-order valence-corrected chi connectivity index (χ2v) is 7.86. The van der Waals surface area contributed by atoms with Crippen molar-refractivity contribution in [2.24, 2.45) is 0 Å². The lowest BCUT2D eigenvalue weighted by atomic mass is 9.95. The van der Waals surface area contributed by atoms with E-state index >= 15 is 0 Å². The van der Waals surface area contributed by atoms with Gasteiger partial charge in [0.2, 0.25) is 0 Å². The number of aromatic nitrogens is 1. The standard InChI is InChI=1S/C19H21ClN2O3S/c1-12-17(26-18(21-12)13-6-5-7-14(20)10-13)19(24)25-11-16(23)22-15-8-3-2-4-9-15/h5-7,10,15H,2-4,8-9,11H2,1H3,(H,22,23). The van der Waals surface area contributed by atoms with E-state index in [-0.39, 0.29) is 18.6 Å². The van der Waals surface area contributed by atoms with Gasteiger partial charge in [0.05, 0.1) is 5.69 Å². The third-order valence-electron chi connectivity index (χ3n) is 4.36. The molecule has 1 saturated carbocycles. The number of hydrogen-bond acceptors (Lipinski definition) is 5. The van der Waals surface area contributed by atoms with Crippen molar-refractivity contribution in [2.45, 2.75) is 45.1 Å². The molecule has 0 atom stereocenters. The van der Waals surface area contributed by atoms with Gasteiger partial charge in [0, 0.05) is 16.6 Å². The van der Waals surface area contributed by atoms with E-state index in [4.69, 9.17) is 16.3 Å². The number of ether oxygens (including phenoxy) is 1. The minimum atomic E-state index is -0.521. The van der Waals surface area contributed by atoms with Crippen LogP contribution < -0.4 is 5.32 Å². The van der Waals surface area contributed by atoms with Crippen molar-refractivity contribution in [3.63, 3.8) is 0 Å². The van der Waals surface area contributed by atoms with Gasteiger partial charge in [-0.2, -0.15) is 0 Å². The summed E-state index contributed by atoms with van der Waals surface area (Å²) in [6.45, 7) is 1.49. The van der Waals surface area contributed by atoms with Crippen molar-refractivity contribution in [1.29, 1.82) is 0 Å². The first-order chi connectivity index (χ1) is 12.5. The molecule has 1 fully saturated rings. The molecule has 0 spiro atoms. The van der Waals surface area contributed by atoms with E-state index in [2.05, 4.69) is 10.3 Å². The van der Waals surface area contributed by atoms with Gasteiger partial charge in [-0.3, -0.25) is 4.79 Å². The number of aryl methyl sites for hydroxylation is 1. The maximum absolute atomic E-state index is 12.3. The Balaban J connectivity index is 1.58. The average Bonchev–Trinajstić information content (AvgIpc) is 3.02. The second-order valence-electron chi connectivity index (χ2n) is 6.42. The number of carbonyl (C=O) groups is 2. The molecule has 1 aliphatic carbocycles. The Morgan fingerprint density at radius 1 is 1.31 bits per heavy atom. The molecule has 1 aliphatic rings. The molecule has 1 aromatic heterocycles. The molecule has 7 heteroatoms. The number of rotatable bonds is 5. The molecule has 0 radical (unpaired) electrons. The maximum atomic E-state index is 12.3. The van der Waals surface area contributed by atoms with Crippen LogP contribution in [0.2, 0.25) is 5.02 Å². The lowest BCUT2D eigenvalue weighted by molar-refractivity contribution is -0.125. The van der Waals surface area contributed by atoms with E-state index in [1.165, 1.54) is 17.8 Å². The van der Waals surface area contributed by atoms with Crippen LogP contribution in [-0.4, -0.2) is 29.5 Å². The van der Waals surface area contributed by atoms with Gasteiger partial charge >= 0.3 is 5.97 Å². The number of amides is 1.